The highest BCUT2D eigenvalue weighted by atomic mass is 35.5. The van der Waals surface area contributed by atoms with E-state index in [1.165, 1.54) is 18.0 Å². The zero-order valence-electron chi connectivity index (χ0n) is 15.0. The van der Waals surface area contributed by atoms with Gasteiger partial charge in [0.05, 0.1) is 10.7 Å². The van der Waals surface area contributed by atoms with E-state index in [-0.39, 0.29) is 16.1 Å². The van der Waals surface area contributed by atoms with Gasteiger partial charge in [0.25, 0.3) is 5.56 Å². The Balaban J connectivity index is 2.16. The lowest BCUT2D eigenvalue weighted by molar-refractivity contribution is 0.103. The number of halogens is 1. The average Bonchev–Trinajstić information content (AvgIpc) is 2.65. The van der Waals surface area contributed by atoms with E-state index in [9.17, 15) is 14.4 Å². The molecule has 2 aromatic rings. The number of piperidine rings is 1. The molecule has 1 aromatic carbocycles. The first-order valence-corrected chi connectivity index (χ1v) is 9.10. The third-order valence-electron chi connectivity index (χ3n) is 4.95. The van der Waals surface area contributed by atoms with Gasteiger partial charge >= 0.3 is 5.69 Å². The smallest absolute Gasteiger partial charge is 0.299 e. The first-order valence-electron chi connectivity index (χ1n) is 8.72. The summed E-state index contributed by atoms with van der Waals surface area (Å²) in [5.41, 5.74) is -0.272. The van der Waals surface area contributed by atoms with Gasteiger partial charge in [0, 0.05) is 26.2 Å². The maximum Gasteiger partial charge on any atom is 0.330 e. The summed E-state index contributed by atoms with van der Waals surface area (Å²) in [4.78, 5) is 40.5. The maximum atomic E-state index is 13.1. The number of nitrogens with zero attached hydrogens (tertiary/aromatic N) is 3. The number of carbonyl (C=O) groups is 1. The molecule has 1 aliphatic rings. The molecule has 138 valence electrons. The quantitative estimate of drug-likeness (QED) is 0.766. The van der Waals surface area contributed by atoms with Crippen LogP contribution in [0.3, 0.4) is 0 Å². The second-order valence-corrected chi connectivity index (χ2v) is 7.08. The average molecular weight is 376 g/mol. The zero-order valence-corrected chi connectivity index (χ0v) is 15.8. The molecule has 0 unspecified atom stereocenters. The van der Waals surface area contributed by atoms with Crippen LogP contribution in [0, 0.1) is 0 Å². The fourth-order valence-electron chi connectivity index (χ4n) is 3.41. The molecule has 0 saturated carbocycles. The molecule has 7 heteroatoms. The van der Waals surface area contributed by atoms with Gasteiger partial charge in [-0.2, -0.15) is 0 Å². The molecular weight excluding hydrogens is 354 g/mol. The topological polar surface area (TPSA) is 64.3 Å². The van der Waals surface area contributed by atoms with Gasteiger partial charge in [-0.25, -0.2) is 4.79 Å². The minimum atomic E-state index is -0.579. The molecule has 0 spiro atoms. The molecule has 0 radical (unpaired) electrons. The van der Waals surface area contributed by atoms with E-state index in [2.05, 4.69) is 4.90 Å². The number of hydrogen-bond acceptors (Lipinski definition) is 4. The summed E-state index contributed by atoms with van der Waals surface area (Å²) >= 11 is 6.17. The second-order valence-electron chi connectivity index (χ2n) is 6.67. The fraction of sp³-hybridized carbons (Fsp3) is 0.421. The normalized spacial score (nSPS) is 15.2. The van der Waals surface area contributed by atoms with Gasteiger partial charge in [-0.3, -0.25) is 23.6 Å². The van der Waals surface area contributed by atoms with Crippen LogP contribution in [0.4, 0.5) is 0 Å². The highest BCUT2D eigenvalue weighted by molar-refractivity contribution is 6.35. The Labute approximate surface area is 156 Å². The van der Waals surface area contributed by atoms with E-state index < -0.39 is 17.0 Å². The van der Waals surface area contributed by atoms with Crippen LogP contribution in [-0.2, 0) is 20.6 Å². The number of benzene rings is 1. The third-order valence-corrected chi connectivity index (χ3v) is 5.28. The molecule has 6 nitrogen and oxygen atoms in total. The summed E-state index contributed by atoms with van der Waals surface area (Å²) in [6.45, 7) is 2.18. The first kappa shape index (κ1) is 18.6. The lowest BCUT2D eigenvalue weighted by Gasteiger charge is -2.28. The van der Waals surface area contributed by atoms with Crippen molar-refractivity contribution in [2.45, 2.75) is 25.8 Å². The van der Waals surface area contributed by atoms with Crippen LogP contribution in [0.5, 0.6) is 0 Å². The maximum absolute atomic E-state index is 13.1. The Kier molecular flexibility index (Phi) is 5.44. The summed E-state index contributed by atoms with van der Waals surface area (Å²) in [5, 5.41) is 0.289. The summed E-state index contributed by atoms with van der Waals surface area (Å²) in [5.74, 6) is -0.446. The molecule has 0 atom stereocenters. The number of likely N-dealkylation sites (tertiary alicyclic amines) is 1. The monoisotopic (exact) mass is 375 g/mol. The summed E-state index contributed by atoms with van der Waals surface area (Å²) in [6.07, 6.45) is 3.33. The van der Waals surface area contributed by atoms with Gasteiger partial charge in [-0.05, 0) is 38.1 Å². The Bertz CT molecular complexity index is 955. The molecule has 0 bridgehead atoms. The minimum absolute atomic E-state index is 0.0215. The summed E-state index contributed by atoms with van der Waals surface area (Å²) in [6, 6.07) is 6.65. The van der Waals surface area contributed by atoms with Gasteiger partial charge in [-0.15, -0.1) is 0 Å². The third kappa shape index (κ3) is 3.39. The summed E-state index contributed by atoms with van der Waals surface area (Å²) < 4.78 is 2.38. The molecule has 2 heterocycles. The van der Waals surface area contributed by atoms with Crippen molar-refractivity contribution in [3.63, 3.8) is 0 Å². The second kappa shape index (κ2) is 7.60. The minimum Gasteiger partial charge on any atom is -0.299 e. The zero-order chi connectivity index (χ0) is 18.8. The van der Waals surface area contributed by atoms with Crippen molar-refractivity contribution in [2.75, 3.05) is 13.1 Å². The van der Waals surface area contributed by atoms with E-state index in [1.807, 2.05) is 0 Å². The Morgan fingerprint density at radius 2 is 1.69 bits per heavy atom. The molecule has 0 N–H and O–H groups in total. The number of aromatic nitrogens is 2. The molecule has 1 fully saturated rings. The van der Waals surface area contributed by atoms with Crippen LogP contribution >= 0.6 is 11.6 Å². The lowest BCUT2D eigenvalue weighted by atomic mass is 10.0. The van der Waals surface area contributed by atoms with Crippen molar-refractivity contribution in [3.8, 4) is 0 Å². The summed E-state index contributed by atoms with van der Waals surface area (Å²) in [7, 11) is 2.99. The van der Waals surface area contributed by atoms with E-state index in [0.717, 1.165) is 30.5 Å². The highest BCUT2D eigenvalue weighted by Crippen LogP contribution is 2.20. The van der Waals surface area contributed by atoms with Crippen LogP contribution in [0.25, 0.3) is 0 Å². The van der Waals surface area contributed by atoms with E-state index in [1.54, 1.807) is 31.3 Å². The highest BCUT2D eigenvalue weighted by Gasteiger charge is 2.26. The van der Waals surface area contributed by atoms with Crippen molar-refractivity contribution >= 4 is 17.4 Å². The van der Waals surface area contributed by atoms with Gasteiger partial charge in [0.1, 0.15) is 5.56 Å². The SMILES string of the molecule is Cn1c(CN2CCCCC2)c(C(=O)c2ccccc2Cl)c(=O)n(C)c1=O. The van der Waals surface area contributed by atoms with Gasteiger partial charge in [-0.1, -0.05) is 30.2 Å². The van der Waals surface area contributed by atoms with Gasteiger partial charge < -0.3 is 0 Å². The van der Waals surface area contributed by atoms with Crippen molar-refractivity contribution in [2.24, 2.45) is 14.1 Å². The molecule has 26 heavy (non-hydrogen) atoms. The van der Waals surface area contributed by atoms with Gasteiger partial charge in [0.15, 0.2) is 0 Å². The number of rotatable bonds is 4. The van der Waals surface area contributed by atoms with Gasteiger partial charge in [0.2, 0.25) is 5.78 Å². The first-order chi connectivity index (χ1) is 12.4. The molecule has 0 aliphatic carbocycles. The van der Waals surface area contributed by atoms with Crippen molar-refractivity contribution in [1.29, 1.82) is 0 Å². The predicted molar refractivity (Wildman–Crippen MR) is 101 cm³/mol. The van der Waals surface area contributed by atoms with Crippen LogP contribution < -0.4 is 11.2 Å². The molecule has 1 aromatic heterocycles. The fourth-order valence-corrected chi connectivity index (χ4v) is 3.63. The molecule has 1 aliphatic heterocycles. The molecule has 1 saturated heterocycles. The van der Waals surface area contributed by atoms with Crippen LogP contribution in [0.2, 0.25) is 5.02 Å². The number of carbonyl (C=O) groups excluding carboxylic acids is 1. The lowest BCUT2D eigenvalue weighted by Crippen LogP contribution is -2.44. The van der Waals surface area contributed by atoms with Crippen molar-refractivity contribution < 1.29 is 4.79 Å². The molecule has 0 amide bonds. The number of hydrogen-bond donors (Lipinski definition) is 0. The predicted octanol–water partition coefficient (Wildman–Crippen LogP) is 1.95. The van der Waals surface area contributed by atoms with Crippen molar-refractivity contribution in [1.82, 2.24) is 14.0 Å². The van der Waals surface area contributed by atoms with Crippen molar-refractivity contribution in [3.05, 3.63) is 66.9 Å². The Morgan fingerprint density at radius 1 is 1.04 bits per heavy atom. The standard InChI is InChI=1S/C19H22ClN3O3/c1-21-15(12-23-10-6-3-7-11-23)16(18(25)22(2)19(21)26)17(24)13-8-4-5-9-14(13)20/h4-5,8-9H,3,6-7,10-12H2,1-2H3. The molecule has 3 rings (SSSR count). The number of ketones is 1. The van der Waals surface area contributed by atoms with Crippen LogP contribution in [-0.4, -0.2) is 32.9 Å². The Hall–Kier alpha value is -2.18. The van der Waals surface area contributed by atoms with Crippen LogP contribution in [0.1, 0.15) is 40.9 Å². The van der Waals surface area contributed by atoms with Crippen LogP contribution in [0.15, 0.2) is 33.9 Å². The molecular formula is C19H22ClN3O3. The van der Waals surface area contributed by atoms with E-state index in [4.69, 9.17) is 11.6 Å². The van der Waals surface area contributed by atoms with E-state index in [0.29, 0.717) is 12.2 Å². The Morgan fingerprint density at radius 3 is 2.35 bits per heavy atom. The van der Waals surface area contributed by atoms with E-state index >= 15 is 0 Å². The largest absolute Gasteiger partial charge is 0.330 e.